The first-order valence-corrected chi connectivity index (χ1v) is 15.3. The van der Waals surface area contributed by atoms with Crippen molar-refractivity contribution in [3.05, 3.63) is 119 Å². The van der Waals surface area contributed by atoms with Crippen LogP contribution in [0.5, 0.6) is 5.75 Å². The van der Waals surface area contributed by atoms with E-state index >= 15 is 0 Å². The van der Waals surface area contributed by atoms with E-state index in [-0.39, 0.29) is 0 Å². The zero-order chi connectivity index (χ0) is 22.8. The van der Waals surface area contributed by atoms with Crippen LogP contribution in [0.15, 0.2) is 97.1 Å². The molecule has 0 atom stereocenters. The maximum absolute atomic E-state index is 5.58. The van der Waals surface area contributed by atoms with Gasteiger partial charge in [0.1, 0.15) is 0 Å². The topological polar surface area (TPSA) is 9.23 Å². The fourth-order valence-electron chi connectivity index (χ4n) is 4.59. The Morgan fingerprint density at radius 1 is 0.625 bits per heavy atom. The van der Waals surface area contributed by atoms with Gasteiger partial charge in [-0.2, -0.15) is 0 Å². The molecule has 4 aromatic carbocycles. The van der Waals surface area contributed by atoms with Gasteiger partial charge in [-0.15, -0.1) is 0 Å². The Labute approximate surface area is 200 Å². The predicted octanol–water partition coefficient (Wildman–Crippen LogP) is 6.96. The molecular formula is C29H30BrOP. The first-order valence-electron chi connectivity index (χ1n) is 10.9. The number of aryl methyl sites for hydroxylation is 3. The van der Waals surface area contributed by atoms with Gasteiger partial charge in [-0.05, 0) is 0 Å². The van der Waals surface area contributed by atoms with Crippen LogP contribution in [0.4, 0.5) is 0 Å². The second-order valence-corrected chi connectivity index (χ2v) is 17.6. The van der Waals surface area contributed by atoms with Gasteiger partial charge in [-0.25, -0.2) is 0 Å². The predicted molar refractivity (Wildman–Crippen MR) is 145 cm³/mol. The summed E-state index contributed by atoms with van der Waals surface area (Å²) < 4.78 is 5.58. The molecule has 0 bridgehead atoms. The van der Waals surface area contributed by atoms with Crippen molar-refractivity contribution in [2.45, 2.75) is 26.9 Å². The van der Waals surface area contributed by atoms with Crippen molar-refractivity contribution in [3.8, 4) is 5.75 Å². The average molecular weight is 505 g/mol. The normalized spacial score (nSPS) is 12.7. The van der Waals surface area contributed by atoms with E-state index in [1.54, 1.807) is 7.11 Å². The van der Waals surface area contributed by atoms with E-state index < -0.39 is 5.31 Å². The minimum absolute atomic E-state index is 0.860. The zero-order valence-electron chi connectivity index (χ0n) is 19.2. The molecule has 4 rings (SSSR count). The van der Waals surface area contributed by atoms with Crippen LogP contribution in [0.2, 0.25) is 0 Å². The molecule has 0 unspecified atom stereocenters. The van der Waals surface area contributed by atoms with Crippen LogP contribution in [0.1, 0.15) is 22.3 Å². The molecule has 0 spiro atoms. The van der Waals surface area contributed by atoms with Gasteiger partial charge >= 0.3 is 201 Å². The fraction of sp³-hybridized carbons (Fsp3) is 0.172. The molecule has 0 N–H and O–H groups in total. The summed E-state index contributed by atoms with van der Waals surface area (Å²) in [5, 5.41) is 0.968. The summed E-state index contributed by atoms with van der Waals surface area (Å²) in [6.07, 6.45) is 0.860. The van der Waals surface area contributed by atoms with Gasteiger partial charge in [-0.3, -0.25) is 0 Å². The summed E-state index contributed by atoms with van der Waals surface area (Å²) in [5.41, 5.74) is 5.05. The van der Waals surface area contributed by atoms with E-state index in [2.05, 4.69) is 127 Å². The van der Waals surface area contributed by atoms with Gasteiger partial charge in [0.15, 0.2) is 0 Å². The van der Waals surface area contributed by atoms with Crippen molar-refractivity contribution >= 4 is 36.7 Å². The molecule has 3 heteroatoms. The van der Waals surface area contributed by atoms with Crippen molar-refractivity contribution in [1.29, 1.82) is 0 Å². The van der Waals surface area contributed by atoms with Crippen molar-refractivity contribution in [2.24, 2.45) is 0 Å². The number of benzene rings is 4. The third kappa shape index (κ3) is 4.03. The Morgan fingerprint density at radius 3 is 1.47 bits per heavy atom. The molecule has 0 fully saturated rings. The molecular weight excluding hydrogens is 475 g/mol. The van der Waals surface area contributed by atoms with E-state index in [1.807, 2.05) is 6.07 Å². The zero-order valence-corrected chi connectivity index (χ0v) is 21.7. The van der Waals surface area contributed by atoms with E-state index in [4.69, 9.17) is 4.74 Å². The van der Waals surface area contributed by atoms with Gasteiger partial charge < -0.3 is 0 Å². The molecule has 0 aliphatic carbocycles. The summed E-state index contributed by atoms with van der Waals surface area (Å²) in [5.74, 6) is 0.887. The number of rotatable bonds is 6. The van der Waals surface area contributed by atoms with E-state index in [9.17, 15) is 0 Å². The Kier molecular flexibility index (Phi) is 6.30. The van der Waals surface area contributed by atoms with Crippen molar-refractivity contribution < 1.29 is 4.74 Å². The number of methoxy groups -OCH3 is 1. The number of hydrogen-bond donors (Lipinski definition) is 0. The molecule has 4 aromatic rings. The summed E-state index contributed by atoms with van der Waals surface area (Å²) in [4.78, 5) is 0. The molecule has 0 saturated heterocycles. The summed E-state index contributed by atoms with van der Waals surface area (Å²) >= 11 is 4.59. The Bertz CT molecular complexity index is 1150. The minimum atomic E-state index is -3.06. The molecule has 0 heterocycles. The molecule has 0 radical (unpaired) electrons. The van der Waals surface area contributed by atoms with Crippen molar-refractivity contribution in [2.75, 3.05) is 7.11 Å². The van der Waals surface area contributed by atoms with Crippen LogP contribution >= 0.6 is 20.8 Å². The molecule has 1 nitrogen and oxygen atoms in total. The Hall–Kier alpha value is -2.41. The van der Waals surface area contributed by atoms with Gasteiger partial charge in [0.2, 0.25) is 0 Å². The quantitative estimate of drug-likeness (QED) is 0.258. The van der Waals surface area contributed by atoms with Crippen LogP contribution in [0.3, 0.4) is 0 Å². The second-order valence-electron chi connectivity index (χ2n) is 8.71. The van der Waals surface area contributed by atoms with Gasteiger partial charge in [-0.1, -0.05) is 0 Å². The van der Waals surface area contributed by atoms with E-state index in [1.165, 1.54) is 38.2 Å². The number of halogens is 1. The van der Waals surface area contributed by atoms with Crippen LogP contribution < -0.4 is 20.7 Å². The van der Waals surface area contributed by atoms with Gasteiger partial charge in [0.25, 0.3) is 0 Å². The molecule has 0 amide bonds. The molecule has 164 valence electrons. The maximum atomic E-state index is 5.58. The molecule has 0 aliphatic rings. The van der Waals surface area contributed by atoms with Crippen LogP contribution in [-0.2, 0) is 6.16 Å². The van der Waals surface area contributed by atoms with Crippen molar-refractivity contribution in [1.82, 2.24) is 0 Å². The van der Waals surface area contributed by atoms with Gasteiger partial charge in [0.05, 0.1) is 0 Å². The standard InChI is InChI=1S/C29H30BrOP/c1-22-9-5-14-27(17-22)32(30,28-15-6-10-23(2)18-28,29-16-7-11-24(3)19-29)21-25-12-8-13-26(20-25)31-4/h5-20H,21H2,1-4H3. The Balaban J connectivity index is 2.13. The number of hydrogen-bond acceptors (Lipinski definition) is 1. The average Bonchev–Trinajstić information content (AvgIpc) is 2.79. The van der Waals surface area contributed by atoms with E-state index in [0.29, 0.717) is 0 Å². The van der Waals surface area contributed by atoms with E-state index in [0.717, 1.165) is 11.9 Å². The first-order chi connectivity index (χ1) is 15.3. The summed E-state index contributed by atoms with van der Waals surface area (Å²) in [7, 11) is 1.73. The molecule has 0 aromatic heterocycles. The first kappa shape index (κ1) is 22.8. The van der Waals surface area contributed by atoms with Crippen LogP contribution in [0.25, 0.3) is 0 Å². The second kappa shape index (κ2) is 8.85. The molecule has 32 heavy (non-hydrogen) atoms. The summed E-state index contributed by atoms with van der Waals surface area (Å²) in [6.45, 7) is 6.53. The van der Waals surface area contributed by atoms with Gasteiger partial charge in [0, 0.05) is 0 Å². The van der Waals surface area contributed by atoms with Crippen LogP contribution in [-0.4, -0.2) is 7.11 Å². The number of ether oxygens (including phenoxy) is 1. The van der Waals surface area contributed by atoms with Crippen LogP contribution in [0, 0.1) is 20.8 Å². The van der Waals surface area contributed by atoms with Crippen molar-refractivity contribution in [3.63, 3.8) is 0 Å². The molecule has 0 aliphatic heterocycles. The fourth-order valence-corrected chi connectivity index (χ4v) is 12.4. The monoisotopic (exact) mass is 504 g/mol. The summed E-state index contributed by atoms with van der Waals surface area (Å²) in [6, 6.07) is 35.5. The third-order valence-corrected chi connectivity index (χ3v) is 15.7. The Morgan fingerprint density at radius 2 is 1.06 bits per heavy atom. The molecule has 0 saturated carbocycles. The third-order valence-electron chi connectivity index (χ3n) is 6.23. The SMILES string of the molecule is COc1cccc(CP(Br)(c2cccc(C)c2)(c2cccc(C)c2)c2cccc(C)c2)c1.